The van der Waals surface area contributed by atoms with E-state index in [0.29, 0.717) is 6.04 Å². The molecule has 0 radical (unpaired) electrons. The Kier molecular flexibility index (Phi) is 1.55. The Morgan fingerprint density at radius 1 is 1.46 bits per heavy atom. The lowest BCUT2D eigenvalue weighted by Gasteiger charge is -2.39. The summed E-state index contributed by atoms with van der Waals surface area (Å²) >= 11 is 0. The monoisotopic (exact) mass is 179 g/mol. The molecule has 0 amide bonds. The van der Waals surface area contributed by atoms with E-state index in [1.165, 1.54) is 19.5 Å². The SMILES string of the molecule is c1cc2n(n1)C[C@H](N1CCC1)CO2. The van der Waals surface area contributed by atoms with Crippen molar-refractivity contribution in [1.29, 1.82) is 0 Å². The van der Waals surface area contributed by atoms with E-state index in [-0.39, 0.29) is 0 Å². The summed E-state index contributed by atoms with van der Waals surface area (Å²) in [6, 6.07) is 2.47. The molecule has 1 saturated heterocycles. The second kappa shape index (κ2) is 2.73. The van der Waals surface area contributed by atoms with Crippen molar-refractivity contribution in [2.24, 2.45) is 0 Å². The molecule has 0 aliphatic carbocycles. The molecule has 0 unspecified atom stereocenters. The first-order valence-corrected chi connectivity index (χ1v) is 4.82. The number of aromatic nitrogens is 2. The number of fused-ring (bicyclic) bond motifs is 1. The third-order valence-electron chi connectivity index (χ3n) is 2.89. The van der Waals surface area contributed by atoms with Gasteiger partial charge in [-0.2, -0.15) is 5.10 Å². The standard InChI is InChI=1S/C9H13N3O/c1-4-11(5-1)8-6-12-9(13-7-8)2-3-10-12/h2-3,8H,1,4-7H2/t8-/m0/s1. The van der Waals surface area contributed by atoms with Gasteiger partial charge < -0.3 is 4.74 Å². The van der Waals surface area contributed by atoms with Crippen LogP contribution in [0.15, 0.2) is 12.3 Å². The van der Waals surface area contributed by atoms with E-state index in [1.54, 1.807) is 6.20 Å². The molecule has 0 saturated carbocycles. The summed E-state index contributed by atoms with van der Waals surface area (Å²) in [6.07, 6.45) is 3.14. The zero-order valence-corrected chi connectivity index (χ0v) is 7.52. The van der Waals surface area contributed by atoms with Crippen molar-refractivity contribution in [3.05, 3.63) is 12.3 Å². The molecule has 70 valence electrons. The van der Waals surface area contributed by atoms with Crippen LogP contribution in [0.4, 0.5) is 0 Å². The van der Waals surface area contributed by atoms with E-state index in [9.17, 15) is 0 Å². The van der Waals surface area contributed by atoms with Crippen LogP contribution in [-0.4, -0.2) is 40.4 Å². The van der Waals surface area contributed by atoms with Gasteiger partial charge in [0.25, 0.3) is 0 Å². The highest BCUT2D eigenvalue weighted by molar-refractivity contribution is 5.10. The summed E-state index contributed by atoms with van der Waals surface area (Å²) in [4.78, 5) is 2.46. The fourth-order valence-electron chi connectivity index (χ4n) is 1.94. The average Bonchev–Trinajstić information content (AvgIpc) is 2.47. The van der Waals surface area contributed by atoms with Gasteiger partial charge in [-0.1, -0.05) is 0 Å². The van der Waals surface area contributed by atoms with Crippen LogP contribution in [0.1, 0.15) is 6.42 Å². The fourth-order valence-corrected chi connectivity index (χ4v) is 1.94. The summed E-state index contributed by atoms with van der Waals surface area (Å²) in [6.45, 7) is 4.27. The van der Waals surface area contributed by atoms with E-state index < -0.39 is 0 Å². The van der Waals surface area contributed by atoms with Gasteiger partial charge in [0.15, 0.2) is 0 Å². The highest BCUT2D eigenvalue weighted by Crippen LogP contribution is 2.21. The summed E-state index contributed by atoms with van der Waals surface area (Å²) in [5, 5.41) is 4.21. The van der Waals surface area contributed by atoms with Crippen molar-refractivity contribution in [2.75, 3.05) is 19.7 Å². The lowest BCUT2D eigenvalue weighted by molar-refractivity contribution is 0.0431. The maximum absolute atomic E-state index is 5.59. The van der Waals surface area contributed by atoms with Crippen molar-refractivity contribution in [3.8, 4) is 5.88 Å². The minimum Gasteiger partial charge on any atom is -0.476 e. The number of hydrogen-bond acceptors (Lipinski definition) is 3. The number of hydrogen-bond donors (Lipinski definition) is 0. The van der Waals surface area contributed by atoms with E-state index in [0.717, 1.165) is 19.0 Å². The maximum atomic E-state index is 5.59. The molecule has 0 spiro atoms. The van der Waals surface area contributed by atoms with Gasteiger partial charge in [-0.05, 0) is 19.5 Å². The first-order chi connectivity index (χ1) is 6.43. The Morgan fingerprint density at radius 2 is 2.38 bits per heavy atom. The van der Waals surface area contributed by atoms with Gasteiger partial charge in [-0.25, -0.2) is 4.68 Å². The lowest BCUT2D eigenvalue weighted by Crippen LogP contribution is -2.51. The predicted molar refractivity (Wildman–Crippen MR) is 47.7 cm³/mol. The summed E-state index contributed by atoms with van der Waals surface area (Å²) < 4.78 is 7.54. The summed E-state index contributed by atoms with van der Waals surface area (Å²) in [5.74, 6) is 0.914. The average molecular weight is 179 g/mol. The van der Waals surface area contributed by atoms with E-state index in [1.807, 2.05) is 10.7 Å². The Hall–Kier alpha value is -1.03. The molecule has 1 aromatic heterocycles. The molecule has 3 rings (SSSR count). The third kappa shape index (κ3) is 1.13. The fraction of sp³-hybridized carbons (Fsp3) is 0.667. The van der Waals surface area contributed by atoms with E-state index >= 15 is 0 Å². The van der Waals surface area contributed by atoms with E-state index in [2.05, 4.69) is 10.00 Å². The number of ether oxygens (including phenoxy) is 1. The second-order valence-electron chi connectivity index (χ2n) is 3.71. The molecule has 0 bridgehead atoms. The molecule has 4 nitrogen and oxygen atoms in total. The normalized spacial score (nSPS) is 27.5. The smallest absolute Gasteiger partial charge is 0.211 e. The molecule has 2 aliphatic rings. The van der Waals surface area contributed by atoms with Crippen LogP contribution >= 0.6 is 0 Å². The van der Waals surface area contributed by atoms with Crippen molar-refractivity contribution < 1.29 is 4.74 Å². The molecule has 1 atom stereocenters. The van der Waals surface area contributed by atoms with Crippen molar-refractivity contribution in [2.45, 2.75) is 19.0 Å². The molecule has 0 N–H and O–H groups in total. The van der Waals surface area contributed by atoms with Crippen LogP contribution < -0.4 is 4.74 Å². The third-order valence-corrected chi connectivity index (χ3v) is 2.89. The molecule has 4 heteroatoms. The van der Waals surface area contributed by atoms with Crippen molar-refractivity contribution in [3.63, 3.8) is 0 Å². The Bertz CT molecular complexity index is 306. The minimum atomic E-state index is 0.543. The molecule has 1 fully saturated rings. The largest absolute Gasteiger partial charge is 0.476 e. The zero-order valence-electron chi connectivity index (χ0n) is 7.52. The van der Waals surface area contributed by atoms with Gasteiger partial charge in [-0.15, -0.1) is 0 Å². The van der Waals surface area contributed by atoms with Gasteiger partial charge in [0.1, 0.15) is 6.61 Å². The first kappa shape index (κ1) is 7.38. The number of nitrogens with zero attached hydrogens (tertiary/aromatic N) is 3. The highest BCUT2D eigenvalue weighted by atomic mass is 16.5. The first-order valence-electron chi connectivity index (χ1n) is 4.82. The van der Waals surface area contributed by atoms with Gasteiger partial charge in [0.05, 0.1) is 18.8 Å². The lowest BCUT2D eigenvalue weighted by atomic mass is 10.1. The Balaban J connectivity index is 1.76. The highest BCUT2D eigenvalue weighted by Gasteiger charge is 2.28. The second-order valence-corrected chi connectivity index (χ2v) is 3.71. The molecule has 0 aromatic carbocycles. The molecular formula is C9H13N3O. The molecule has 13 heavy (non-hydrogen) atoms. The quantitative estimate of drug-likeness (QED) is 0.623. The summed E-state index contributed by atoms with van der Waals surface area (Å²) in [7, 11) is 0. The predicted octanol–water partition coefficient (Wildman–Crippen LogP) is 0.350. The molecule has 2 aliphatic heterocycles. The number of rotatable bonds is 1. The van der Waals surface area contributed by atoms with Gasteiger partial charge >= 0.3 is 0 Å². The topological polar surface area (TPSA) is 30.3 Å². The zero-order chi connectivity index (χ0) is 8.67. The molecular weight excluding hydrogens is 166 g/mol. The maximum Gasteiger partial charge on any atom is 0.211 e. The van der Waals surface area contributed by atoms with Crippen molar-refractivity contribution >= 4 is 0 Å². The Morgan fingerprint density at radius 3 is 3.15 bits per heavy atom. The minimum absolute atomic E-state index is 0.543. The van der Waals surface area contributed by atoms with Crippen LogP contribution in [-0.2, 0) is 6.54 Å². The van der Waals surface area contributed by atoms with Crippen molar-refractivity contribution in [1.82, 2.24) is 14.7 Å². The van der Waals surface area contributed by atoms with Crippen LogP contribution in [0.3, 0.4) is 0 Å². The van der Waals surface area contributed by atoms with Crippen LogP contribution in [0.25, 0.3) is 0 Å². The van der Waals surface area contributed by atoms with Gasteiger partial charge in [0.2, 0.25) is 5.88 Å². The number of likely N-dealkylation sites (tertiary alicyclic amines) is 1. The van der Waals surface area contributed by atoms with E-state index in [4.69, 9.17) is 4.74 Å². The Labute approximate surface area is 77.1 Å². The molecule has 3 heterocycles. The molecule has 1 aromatic rings. The van der Waals surface area contributed by atoms with Gasteiger partial charge in [0, 0.05) is 6.07 Å². The van der Waals surface area contributed by atoms with Crippen LogP contribution in [0, 0.1) is 0 Å². The van der Waals surface area contributed by atoms with Crippen LogP contribution in [0.5, 0.6) is 5.88 Å². The summed E-state index contributed by atoms with van der Waals surface area (Å²) in [5.41, 5.74) is 0. The van der Waals surface area contributed by atoms with Crippen LogP contribution in [0.2, 0.25) is 0 Å². The van der Waals surface area contributed by atoms with Gasteiger partial charge in [-0.3, -0.25) is 4.90 Å².